The van der Waals surface area contributed by atoms with E-state index in [1.165, 1.54) is 12.1 Å². The van der Waals surface area contributed by atoms with Gasteiger partial charge in [0.05, 0.1) is 25.2 Å². The van der Waals surface area contributed by atoms with Crippen molar-refractivity contribution in [2.45, 2.75) is 42.8 Å². The lowest BCUT2D eigenvalue weighted by molar-refractivity contribution is -0.142. The number of aromatic hydroxyl groups is 1. The highest BCUT2D eigenvalue weighted by Crippen LogP contribution is 2.56. The minimum Gasteiger partial charge on any atom is -0.507 e. The normalized spacial score (nSPS) is 28.7. The summed E-state index contributed by atoms with van der Waals surface area (Å²) >= 11 is 0. The van der Waals surface area contributed by atoms with E-state index >= 15 is 0 Å². The molecule has 6 N–H and O–H groups in total. The van der Waals surface area contributed by atoms with Crippen LogP contribution in [0.2, 0.25) is 5.82 Å². The molecule has 2 aliphatic heterocycles. The number of ether oxygens (including phenoxy) is 1. The van der Waals surface area contributed by atoms with Crippen molar-refractivity contribution in [2.24, 2.45) is 0 Å². The fourth-order valence-corrected chi connectivity index (χ4v) is 4.09. The van der Waals surface area contributed by atoms with Crippen LogP contribution in [0.5, 0.6) is 11.5 Å². The molecule has 10 nitrogen and oxygen atoms in total. The predicted octanol–water partition coefficient (Wildman–Crippen LogP) is -1.27. The smallest absolute Gasteiger partial charge is 0.455 e. The third-order valence-electron chi connectivity index (χ3n) is 5.87. The number of rotatable bonds is 6. The topological polar surface area (TPSA) is 160 Å². The highest BCUT2D eigenvalue weighted by atomic mass is 16.5. The number of phenols is 1. The second-order valence-corrected chi connectivity index (χ2v) is 7.93. The van der Waals surface area contributed by atoms with Gasteiger partial charge in [-0.25, -0.2) is 4.79 Å². The maximum absolute atomic E-state index is 12.3. The number of hydrogen-bond donors (Lipinski definition) is 6. The Hall–Kier alpha value is -2.34. The Morgan fingerprint density at radius 2 is 1.93 bits per heavy atom. The molecule has 29 heavy (non-hydrogen) atoms. The van der Waals surface area contributed by atoms with Gasteiger partial charge in [-0.15, -0.1) is 0 Å². The molecule has 1 saturated carbocycles. The summed E-state index contributed by atoms with van der Waals surface area (Å²) in [5.74, 6) is -2.64. The van der Waals surface area contributed by atoms with Crippen molar-refractivity contribution in [3.63, 3.8) is 0 Å². The van der Waals surface area contributed by atoms with Crippen molar-refractivity contribution in [3.05, 3.63) is 23.3 Å². The molecule has 0 radical (unpaired) electrons. The third kappa shape index (κ3) is 3.78. The number of carboxylic acid groups (broad SMARTS) is 1. The van der Waals surface area contributed by atoms with Gasteiger partial charge < -0.3 is 40.3 Å². The van der Waals surface area contributed by atoms with Crippen LogP contribution in [0.3, 0.4) is 0 Å². The average molecular weight is 406 g/mol. The molecule has 4 atom stereocenters. The summed E-state index contributed by atoms with van der Waals surface area (Å²) in [6.07, 6.45) is -0.116. The number of amides is 1. The van der Waals surface area contributed by atoms with Gasteiger partial charge in [0.15, 0.2) is 0 Å². The van der Waals surface area contributed by atoms with Gasteiger partial charge in [-0.1, -0.05) is 6.07 Å². The molecule has 1 amide bonds. The second kappa shape index (κ2) is 7.49. The van der Waals surface area contributed by atoms with E-state index in [0.29, 0.717) is 24.9 Å². The lowest BCUT2D eigenvalue weighted by Gasteiger charge is -2.40. The number of aliphatic hydroxyl groups is 1. The van der Waals surface area contributed by atoms with Gasteiger partial charge in [0.25, 0.3) is 0 Å². The summed E-state index contributed by atoms with van der Waals surface area (Å²) < 4.78 is 5.71. The van der Waals surface area contributed by atoms with Gasteiger partial charge in [0.1, 0.15) is 23.2 Å². The Labute approximate surface area is 166 Å². The molecule has 1 aromatic rings. The minimum atomic E-state index is -1.52. The number of nitrogens with zero attached hydrogens (tertiary/aromatic N) is 1. The van der Waals surface area contributed by atoms with E-state index in [4.69, 9.17) is 4.74 Å². The van der Waals surface area contributed by atoms with Crippen molar-refractivity contribution >= 4 is 19.0 Å². The Bertz CT molecular complexity index is 828. The highest BCUT2D eigenvalue weighted by molar-refractivity contribution is 6.44. The number of aromatic carboxylic acids is 1. The third-order valence-corrected chi connectivity index (χ3v) is 5.87. The monoisotopic (exact) mass is 406 g/mol. The predicted molar refractivity (Wildman–Crippen MR) is 99.8 cm³/mol. The van der Waals surface area contributed by atoms with E-state index in [2.05, 4.69) is 5.32 Å². The lowest BCUT2D eigenvalue weighted by Crippen LogP contribution is -2.59. The van der Waals surface area contributed by atoms with Crippen LogP contribution in [-0.2, 0) is 4.79 Å². The molecule has 0 spiro atoms. The van der Waals surface area contributed by atoms with Gasteiger partial charge in [0, 0.05) is 12.4 Å². The minimum absolute atomic E-state index is 0.00649. The number of carbonyl (C=O) groups excluding carboxylic acids is 1. The second-order valence-electron chi connectivity index (χ2n) is 7.93. The van der Waals surface area contributed by atoms with Crippen LogP contribution in [0, 0.1) is 0 Å². The first-order valence-electron chi connectivity index (χ1n) is 9.58. The van der Waals surface area contributed by atoms with Crippen molar-refractivity contribution in [2.75, 3.05) is 19.6 Å². The van der Waals surface area contributed by atoms with Crippen LogP contribution >= 0.6 is 0 Å². The molecule has 1 unspecified atom stereocenters. The molecule has 0 bridgehead atoms. The van der Waals surface area contributed by atoms with Crippen LogP contribution in [0.4, 0.5) is 0 Å². The Morgan fingerprint density at radius 3 is 2.48 bits per heavy atom. The van der Waals surface area contributed by atoms with Gasteiger partial charge in [-0.05, 0) is 30.4 Å². The Morgan fingerprint density at radius 1 is 1.21 bits per heavy atom. The summed E-state index contributed by atoms with van der Waals surface area (Å²) in [6, 6.07) is 2.57. The van der Waals surface area contributed by atoms with Gasteiger partial charge in [0.2, 0.25) is 5.91 Å². The summed E-state index contributed by atoms with van der Waals surface area (Å²) in [6.45, 7) is 0.957. The molecular formula is C18H23BN2O8. The zero-order valence-corrected chi connectivity index (χ0v) is 15.6. The fraction of sp³-hybridized carbons (Fsp3) is 0.556. The highest BCUT2D eigenvalue weighted by Gasteiger charge is 2.48. The van der Waals surface area contributed by atoms with Gasteiger partial charge in [-0.3, -0.25) is 4.79 Å². The molecule has 4 rings (SSSR count). The molecule has 2 heterocycles. The molecule has 2 saturated heterocycles. The van der Waals surface area contributed by atoms with Crippen LogP contribution in [0.15, 0.2) is 12.1 Å². The number of hydrogen-bond acceptors (Lipinski definition) is 8. The number of benzene rings is 1. The van der Waals surface area contributed by atoms with Crippen LogP contribution < -0.4 is 10.1 Å². The first-order valence-corrected chi connectivity index (χ1v) is 9.58. The van der Waals surface area contributed by atoms with Crippen molar-refractivity contribution in [1.29, 1.82) is 0 Å². The van der Waals surface area contributed by atoms with Crippen molar-refractivity contribution in [1.82, 2.24) is 10.2 Å². The molecule has 1 aromatic carbocycles. The first-order chi connectivity index (χ1) is 13.8. The summed E-state index contributed by atoms with van der Waals surface area (Å²) in [5, 5.41) is 51.0. The van der Waals surface area contributed by atoms with Crippen LogP contribution in [-0.4, -0.2) is 87.1 Å². The van der Waals surface area contributed by atoms with Crippen molar-refractivity contribution < 1.29 is 39.7 Å². The molecule has 156 valence electrons. The lowest BCUT2D eigenvalue weighted by atomic mass is 9.81. The van der Waals surface area contributed by atoms with Gasteiger partial charge >= 0.3 is 13.1 Å². The molecule has 3 fully saturated rings. The number of aliphatic hydroxyl groups excluding tert-OH is 1. The molecule has 0 aromatic heterocycles. The molecule has 1 aliphatic carbocycles. The van der Waals surface area contributed by atoms with Gasteiger partial charge in [-0.2, -0.15) is 0 Å². The molecule has 11 heteroatoms. The van der Waals surface area contributed by atoms with E-state index < -0.39 is 42.9 Å². The average Bonchev–Trinajstić information content (AvgIpc) is 3.30. The first kappa shape index (κ1) is 20.0. The van der Waals surface area contributed by atoms with E-state index in [0.717, 1.165) is 0 Å². The maximum Gasteiger partial charge on any atom is 0.455 e. The van der Waals surface area contributed by atoms with E-state index in [1.54, 1.807) is 4.90 Å². The van der Waals surface area contributed by atoms with Crippen molar-refractivity contribution in [3.8, 4) is 11.5 Å². The number of nitrogens with one attached hydrogen (secondary N) is 1. The standard InChI is InChI=1S/C18H23BN2O8/c22-8-3-13(20-5-8)17(24)21-6-9(7-21)29-14-2-1-10(11-4-12(11)19(27)28)16(23)15(14)18(25)26/h1-2,8-9,11-13,20,22-23,27-28H,3-7H2,(H,25,26)/t8-,11?,12-,13+/m1/s1. The number of carbonyl (C=O) groups is 2. The van der Waals surface area contributed by atoms with E-state index in [9.17, 15) is 35.0 Å². The number of carboxylic acids is 1. The summed E-state index contributed by atoms with van der Waals surface area (Å²) in [4.78, 5) is 25.6. The zero-order chi connectivity index (χ0) is 20.9. The SMILES string of the molecule is O=C(O)c1c(OC2CN(C(=O)[C@@H]3C[C@@H](O)CN3)C2)ccc(C2C[C@H]2B(O)O)c1O. The quantitative estimate of drug-likeness (QED) is 0.317. The number of likely N-dealkylation sites (tertiary alicyclic amines) is 1. The molecule has 3 aliphatic rings. The molecular weight excluding hydrogens is 383 g/mol. The maximum atomic E-state index is 12.3. The fourth-order valence-electron chi connectivity index (χ4n) is 4.09. The van der Waals surface area contributed by atoms with E-state index in [1.807, 2.05) is 0 Å². The van der Waals surface area contributed by atoms with E-state index in [-0.39, 0.29) is 36.2 Å². The Kier molecular flexibility index (Phi) is 5.15. The number of β-amino-alcohol motifs (C(OH)–C–C–N with tert-alkyl or cyclic N) is 1. The largest absolute Gasteiger partial charge is 0.507 e. The van der Waals surface area contributed by atoms with Crippen LogP contribution in [0.25, 0.3) is 0 Å². The Balaban J connectivity index is 1.41. The zero-order valence-electron chi connectivity index (χ0n) is 15.6. The van der Waals surface area contributed by atoms with Crippen LogP contribution in [0.1, 0.15) is 34.7 Å². The summed E-state index contributed by atoms with van der Waals surface area (Å²) in [5.41, 5.74) is -0.0185. The summed E-state index contributed by atoms with van der Waals surface area (Å²) in [7, 11) is -1.52.